The van der Waals surface area contributed by atoms with Crippen LogP contribution in [0.25, 0.3) is 34.2 Å². The Labute approximate surface area is 201 Å². The van der Waals surface area contributed by atoms with Gasteiger partial charge in [-0.05, 0) is 65.1 Å². The lowest BCUT2D eigenvalue weighted by Crippen LogP contribution is -2.33. The van der Waals surface area contributed by atoms with E-state index < -0.39 is 0 Å². The van der Waals surface area contributed by atoms with Crippen LogP contribution >= 0.6 is 0 Å². The van der Waals surface area contributed by atoms with Crippen molar-refractivity contribution in [2.24, 2.45) is 0 Å². The van der Waals surface area contributed by atoms with Crippen LogP contribution in [0.4, 0.5) is 0 Å². The third-order valence-electron chi connectivity index (χ3n) is 7.05. The molecule has 4 heteroatoms. The summed E-state index contributed by atoms with van der Waals surface area (Å²) in [4.78, 5) is 14.6. The molecule has 0 spiro atoms. The van der Waals surface area contributed by atoms with E-state index in [4.69, 9.17) is 20.2 Å². The van der Waals surface area contributed by atoms with Crippen molar-refractivity contribution in [3.63, 3.8) is 0 Å². The van der Waals surface area contributed by atoms with Gasteiger partial charge in [-0.25, -0.2) is 15.0 Å². The summed E-state index contributed by atoms with van der Waals surface area (Å²) in [5, 5.41) is 9.17. The molecule has 1 aliphatic rings. The number of benzene rings is 3. The van der Waals surface area contributed by atoms with Crippen LogP contribution in [0.2, 0.25) is 0 Å². The zero-order valence-electron chi connectivity index (χ0n) is 20.1. The van der Waals surface area contributed by atoms with Crippen molar-refractivity contribution in [3.05, 3.63) is 89.5 Å². The summed E-state index contributed by atoms with van der Waals surface area (Å²) in [5.74, 6) is 1.91. The first-order valence-corrected chi connectivity index (χ1v) is 11.7. The summed E-state index contributed by atoms with van der Waals surface area (Å²) in [6, 6.07) is 26.2. The van der Waals surface area contributed by atoms with Crippen LogP contribution in [0, 0.1) is 11.3 Å². The smallest absolute Gasteiger partial charge is 0.164 e. The van der Waals surface area contributed by atoms with E-state index in [2.05, 4.69) is 52.0 Å². The molecule has 3 aromatic carbocycles. The summed E-state index contributed by atoms with van der Waals surface area (Å²) in [7, 11) is 0. The number of hydrogen-bond acceptors (Lipinski definition) is 4. The van der Waals surface area contributed by atoms with Gasteiger partial charge >= 0.3 is 0 Å². The van der Waals surface area contributed by atoms with Crippen molar-refractivity contribution >= 4 is 0 Å². The standard InChI is InChI=1S/C30H28N4/c1-29(2)16-17-30(3,4)25-18-23(14-15-24(25)29)28-33-26(21-8-6-5-7-9-21)32-27(34-28)22-12-10-20(19-31)11-13-22/h5-15,18H,16-17H2,1-4H3. The van der Waals surface area contributed by atoms with Crippen molar-refractivity contribution < 1.29 is 0 Å². The van der Waals surface area contributed by atoms with Crippen molar-refractivity contribution in [1.29, 1.82) is 5.26 Å². The fraction of sp³-hybridized carbons (Fsp3) is 0.267. The van der Waals surface area contributed by atoms with Crippen molar-refractivity contribution in [1.82, 2.24) is 15.0 Å². The number of hydrogen-bond donors (Lipinski definition) is 0. The first-order valence-electron chi connectivity index (χ1n) is 11.7. The minimum atomic E-state index is 0.103. The van der Waals surface area contributed by atoms with Crippen molar-refractivity contribution in [3.8, 4) is 40.2 Å². The highest BCUT2D eigenvalue weighted by atomic mass is 15.0. The number of aromatic nitrogens is 3. The van der Waals surface area contributed by atoms with E-state index in [0.717, 1.165) is 23.1 Å². The normalized spacial score (nSPS) is 15.9. The van der Waals surface area contributed by atoms with E-state index in [1.165, 1.54) is 17.5 Å². The predicted octanol–water partition coefficient (Wildman–Crippen LogP) is 7.09. The highest BCUT2D eigenvalue weighted by Gasteiger charge is 2.37. The molecule has 0 aliphatic heterocycles. The van der Waals surface area contributed by atoms with Gasteiger partial charge in [0.1, 0.15) is 0 Å². The molecule has 4 aromatic rings. The largest absolute Gasteiger partial charge is 0.208 e. The molecule has 0 atom stereocenters. The molecule has 34 heavy (non-hydrogen) atoms. The van der Waals surface area contributed by atoms with Crippen LogP contribution in [-0.4, -0.2) is 15.0 Å². The van der Waals surface area contributed by atoms with Crippen LogP contribution in [-0.2, 0) is 10.8 Å². The molecule has 0 amide bonds. The molecule has 0 radical (unpaired) electrons. The molecular formula is C30H28N4. The van der Waals surface area contributed by atoms with Gasteiger partial charge in [-0.2, -0.15) is 5.26 Å². The van der Waals surface area contributed by atoms with Gasteiger partial charge in [-0.15, -0.1) is 0 Å². The Morgan fingerprint density at radius 1 is 0.618 bits per heavy atom. The third-order valence-corrected chi connectivity index (χ3v) is 7.05. The van der Waals surface area contributed by atoms with E-state index in [0.29, 0.717) is 23.0 Å². The lowest BCUT2D eigenvalue weighted by molar-refractivity contribution is 0.332. The Morgan fingerprint density at radius 3 is 1.71 bits per heavy atom. The first-order chi connectivity index (χ1) is 16.3. The minimum Gasteiger partial charge on any atom is -0.208 e. The van der Waals surface area contributed by atoms with Gasteiger partial charge in [-0.3, -0.25) is 0 Å². The van der Waals surface area contributed by atoms with Crippen LogP contribution in [0.1, 0.15) is 57.2 Å². The highest BCUT2D eigenvalue weighted by Crippen LogP contribution is 2.46. The Balaban J connectivity index is 1.69. The van der Waals surface area contributed by atoms with Crippen LogP contribution in [0.5, 0.6) is 0 Å². The topological polar surface area (TPSA) is 62.5 Å². The van der Waals surface area contributed by atoms with Gasteiger partial charge in [0.25, 0.3) is 0 Å². The molecule has 4 nitrogen and oxygen atoms in total. The second kappa shape index (κ2) is 8.18. The zero-order chi connectivity index (χ0) is 23.9. The molecule has 0 saturated heterocycles. The second-order valence-electron chi connectivity index (χ2n) is 10.4. The van der Waals surface area contributed by atoms with Gasteiger partial charge in [0.2, 0.25) is 0 Å². The Bertz CT molecular complexity index is 1390. The van der Waals surface area contributed by atoms with Gasteiger partial charge in [0, 0.05) is 16.7 Å². The summed E-state index contributed by atoms with van der Waals surface area (Å²) >= 11 is 0. The molecule has 0 unspecified atom stereocenters. The molecule has 1 heterocycles. The third kappa shape index (κ3) is 3.99. The Hall–Kier alpha value is -3.84. The van der Waals surface area contributed by atoms with E-state index in [1.54, 1.807) is 12.1 Å². The van der Waals surface area contributed by atoms with Crippen molar-refractivity contribution in [2.45, 2.75) is 51.4 Å². The molecule has 0 fully saturated rings. The molecule has 168 valence electrons. The number of fused-ring (bicyclic) bond motifs is 1. The van der Waals surface area contributed by atoms with Gasteiger partial charge in [0.05, 0.1) is 11.6 Å². The maximum Gasteiger partial charge on any atom is 0.164 e. The number of nitriles is 1. The fourth-order valence-electron chi connectivity index (χ4n) is 4.77. The number of rotatable bonds is 3. The highest BCUT2D eigenvalue weighted by molar-refractivity contribution is 5.68. The molecule has 0 saturated carbocycles. The minimum absolute atomic E-state index is 0.103. The molecule has 1 aromatic heterocycles. The van der Waals surface area contributed by atoms with Crippen LogP contribution in [0.3, 0.4) is 0 Å². The van der Waals surface area contributed by atoms with Gasteiger partial charge in [-0.1, -0.05) is 70.2 Å². The maximum absolute atomic E-state index is 9.17. The van der Waals surface area contributed by atoms with E-state index in [9.17, 15) is 0 Å². The molecule has 0 N–H and O–H groups in total. The summed E-state index contributed by atoms with van der Waals surface area (Å²) in [6.07, 6.45) is 2.33. The Morgan fingerprint density at radius 2 is 1.12 bits per heavy atom. The van der Waals surface area contributed by atoms with Crippen molar-refractivity contribution in [2.75, 3.05) is 0 Å². The Kier molecular flexibility index (Phi) is 5.29. The average molecular weight is 445 g/mol. The summed E-state index contributed by atoms with van der Waals surface area (Å²) in [6.45, 7) is 9.33. The van der Waals surface area contributed by atoms with Crippen LogP contribution < -0.4 is 0 Å². The maximum atomic E-state index is 9.17. The lowest BCUT2D eigenvalue weighted by atomic mass is 9.63. The van der Waals surface area contributed by atoms with Gasteiger partial charge < -0.3 is 0 Å². The molecular weight excluding hydrogens is 416 g/mol. The summed E-state index contributed by atoms with van der Waals surface area (Å²) in [5.41, 5.74) is 6.47. The predicted molar refractivity (Wildman–Crippen MR) is 136 cm³/mol. The zero-order valence-corrected chi connectivity index (χ0v) is 20.1. The lowest BCUT2D eigenvalue weighted by Gasteiger charge is -2.42. The average Bonchev–Trinajstić information content (AvgIpc) is 2.87. The van der Waals surface area contributed by atoms with Crippen LogP contribution in [0.15, 0.2) is 72.8 Å². The fourth-order valence-corrected chi connectivity index (χ4v) is 4.77. The quantitative estimate of drug-likeness (QED) is 0.338. The molecule has 1 aliphatic carbocycles. The summed E-state index contributed by atoms with van der Waals surface area (Å²) < 4.78 is 0. The van der Waals surface area contributed by atoms with E-state index in [-0.39, 0.29) is 10.8 Å². The molecule has 0 bridgehead atoms. The van der Waals surface area contributed by atoms with Gasteiger partial charge in [0.15, 0.2) is 17.5 Å². The van der Waals surface area contributed by atoms with E-state index in [1.807, 2.05) is 42.5 Å². The first kappa shape index (κ1) is 22.0. The number of nitrogens with zero attached hydrogens (tertiary/aromatic N) is 4. The monoisotopic (exact) mass is 444 g/mol. The van der Waals surface area contributed by atoms with E-state index >= 15 is 0 Å². The second-order valence-corrected chi connectivity index (χ2v) is 10.4. The molecule has 5 rings (SSSR count). The SMILES string of the molecule is CC1(C)CCC(C)(C)c2cc(-c3nc(-c4ccccc4)nc(-c4ccc(C#N)cc4)n3)ccc21.